The number of hydrogen-bond donors (Lipinski definition) is 3. The van der Waals surface area contributed by atoms with Crippen LogP contribution >= 0.6 is 0 Å². The van der Waals surface area contributed by atoms with E-state index in [1.165, 1.54) is 0 Å². The number of benzene rings is 3. The Balaban J connectivity index is 1.46. The van der Waals surface area contributed by atoms with Gasteiger partial charge in [0.2, 0.25) is 0 Å². The average Bonchev–Trinajstić information content (AvgIpc) is 2.77. The highest BCUT2D eigenvalue weighted by atomic mass is 16.2. The molecule has 0 bridgehead atoms. The summed E-state index contributed by atoms with van der Waals surface area (Å²) in [7, 11) is 0. The van der Waals surface area contributed by atoms with Gasteiger partial charge in [-0.3, -0.25) is 14.4 Å². The van der Waals surface area contributed by atoms with Crippen molar-refractivity contribution in [1.29, 1.82) is 0 Å². The third-order valence-corrected chi connectivity index (χ3v) is 4.53. The zero-order valence-electron chi connectivity index (χ0n) is 16.6. The van der Waals surface area contributed by atoms with E-state index < -0.39 is 0 Å². The van der Waals surface area contributed by atoms with E-state index in [0.717, 1.165) is 5.56 Å². The zero-order valence-corrected chi connectivity index (χ0v) is 16.6. The smallest absolute Gasteiger partial charge is 0.255 e. The fraction of sp³-hybridized carbons (Fsp3) is 0.125. The second-order valence-corrected chi connectivity index (χ2v) is 6.72. The molecule has 3 aromatic carbocycles. The van der Waals surface area contributed by atoms with Crippen LogP contribution in [0.1, 0.15) is 36.6 Å². The molecule has 0 aliphatic heterocycles. The lowest BCUT2D eigenvalue weighted by molar-refractivity contribution is 0.0927. The summed E-state index contributed by atoms with van der Waals surface area (Å²) in [6.45, 7) is 2.51. The van der Waals surface area contributed by atoms with E-state index in [2.05, 4.69) is 16.0 Å². The molecule has 0 heterocycles. The molecule has 3 N–H and O–H groups in total. The van der Waals surface area contributed by atoms with Gasteiger partial charge in [-0.25, -0.2) is 0 Å². The van der Waals surface area contributed by atoms with Crippen LogP contribution in [-0.4, -0.2) is 30.8 Å². The van der Waals surface area contributed by atoms with Crippen LogP contribution in [0, 0.1) is 6.92 Å². The molecule has 0 unspecified atom stereocenters. The van der Waals surface area contributed by atoms with Gasteiger partial charge in [-0.2, -0.15) is 0 Å². The van der Waals surface area contributed by atoms with Gasteiger partial charge in [0.05, 0.1) is 0 Å². The maximum Gasteiger partial charge on any atom is 0.255 e. The van der Waals surface area contributed by atoms with Gasteiger partial charge in [-0.15, -0.1) is 0 Å². The summed E-state index contributed by atoms with van der Waals surface area (Å²) in [6.07, 6.45) is 0. The monoisotopic (exact) mass is 401 g/mol. The molecule has 0 aliphatic carbocycles. The molecular formula is C24H23N3O3. The number of aryl methyl sites for hydroxylation is 1. The number of carbonyl (C=O) groups is 3. The van der Waals surface area contributed by atoms with Gasteiger partial charge in [0.15, 0.2) is 0 Å². The summed E-state index contributed by atoms with van der Waals surface area (Å²) in [5.74, 6) is -0.626. The normalized spacial score (nSPS) is 10.2. The first-order valence-corrected chi connectivity index (χ1v) is 9.63. The van der Waals surface area contributed by atoms with Gasteiger partial charge in [-0.05, 0) is 55.0 Å². The highest BCUT2D eigenvalue weighted by Crippen LogP contribution is 2.13. The first kappa shape index (κ1) is 20.8. The molecule has 3 aromatic rings. The van der Waals surface area contributed by atoms with Crippen molar-refractivity contribution in [2.45, 2.75) is 6.92 Å². The highest BCUT2D eigenvalue weighted by Gasteiger charge is 2.10. The van der Waals surface area contributed by atoms with Crippen LogP contribution in [0.2, 0.25) is 0 Å². The predicted octanol–water partition coefficient (Wildman–Crippen LogP) is 3.41. The maximum absolute atomic E-state index is 12.4. The molecule has 0 aromatic heterocycles. The summed E-state index contributed by atoms with van der Waals surface area (Å²) in [5.41, 5.74) is 3.16. The van der Waals surface area contributed by atoms with Crippen molar-refractivity contribution in [2.75, 3.05) is 18.4 Å². The summed E-state index contributed by atoms with van der Waals surface area (Å²) in [4.78, 5) is 36.6. The number of nitrogens with one attached hydrogen (secondary N) is 3. The number of amides is 3. The number of rotatable bonds is 7. The zero-order chi connectivity index (χ0) is 21.3. The van der Waals surface area contributed by atoms with Crippen molar-refractivity contribution in [3.63, 3.8) is 0 Å². The third-order valence-electron chi connectivity index (χ3n) is 4.53. The summed E-state index contributed by atoms with van der Waals surface area (Å²) < 4.78 is 0. The van der Waals surface area contributed by atoms with E-state index in [4.69, 9.17) is 0 Å². The van der Waals surface area contributed by atoms with Crippen molar-refractivity contribution in [3.8, 4) is 0 Å². The van der Waals surface area contributed by atoms with Crippen molar-refractivity contribution >= 4 is 23.4 Å². The largest absolute Gasteiger partial charge is 0.350 e. The Bertz CT molecular complexity index is 1030. The molecule has 0 fully saturated rings. The number of hydrogen-bond acceptors (Lipinski definition) is 3. The quantitative estimate of drug-likeness (QED) is 0.530. The van der Waals surface area contributed by atoms with Crippen LogP contribution in [-0.2, 0) is 0 Å². The number of anilines is 1. The van der Waals surface area contributed by atoms with Crippen LogP contribution in [0.5, 0.6) is 0 Å². The topological polar surface area (TPSA) is 87.3 Å². The molecule has 6 nitrogen and oxygen atoms in total. The molecule has 6 heteroatoms. The fourth-order valence-electron chi connectivity index (χ4n) is 2.88. The van der Waals surface area contributed by atoms with Gasteiger partial charge in [0.25, 0.3) is 17.7 Å². The van der Waals surface area contributed by atoms with Crippen molar-refractivity contribution in [3.05, 3.63) is 101 Å². The van der Waals surface area contributed by atoms with Gasteiger partial charge in [0.1, 0.15) is 0 Å². The third kappa shape index (κ3) is 5.54. The minimum Gasteiger partial charge on any atom is -0.350 e. The van der Waals surface area contributed by atoms with Gasteiger partial charge in [0, 0.05) is 35.5 Å². The Morgan fingerprint density at radius 1 is 0.633 bits per heavy atom. The Kier molecular flexibility index (Phi) is 6.95. The first-order chi connectivity index (χ1) is 14.5. The van der Waals surface area contributed by atoms with E-state index in [1.807, 2.05) is 31.2 Å². The first-order valence-electron chi connectivity index (χ1n) is 9.63. The molecule has 30 heavy (non-hydrogen) atoms. The highest BCUT2D eigenvalue weighted by molar-refractivity contribution is 6.05. The second kappa shape index (κ2) is 10.0. The van der Waals surface area contributed by atoms with Crippen LogP contribution in [0.3, 0.4) is 0 Å². The van der Waals surface area contributed by atoms with Crippen LogP contribution in [0.4, 0.5) is 5.69 Å². The molecule has 0 aliphatic rings. The number of carbonyl (C=O) groups excluding carboxylic acids is 3. The lowest BCUT2D eigenvalue weighted by atomic mass is 10.1. The van der Waals surface area contributed by atoms with E-state index in [0.29, 0.717) is 35.5 Å². The molecule has 3 rings (SSSR count). The van der Waals surface area contributed by atoms with Gasteiger partial charge < -0.3 is 16.0 Å². The van der Waals surface area contributed by atoms with Gasteiger partial charge in [-0.1, -0.05) is 36.4 Å². The van der Waals surface area contributed by atoms with Crippen molar-refractivity contribution in [1.82, 2.24) is 10.6 Å². The molecule has 3 amide bonds. The minimum absolute atomic E-state index is 0.182. The molecule has 0 radical (unpaired) electrons. The molecule has 0 spiro atoms. The molecule has 0 saturated carbocycles. The van der Waals surface area contributed by atoms with E-state index >= 15 is 0 Å². The van der Waals surface area contributed by atoms with E-state index in [-0.39, 0.29) is 17.7 Å². The minimum atomic E-state index is -0.249. The standard InChI is InChI=1S/C24H23N3O3/c1-17-7-5-6-10-21(17)24(30)27-20-13-11-19(12-14-20)23(29)26-16-15-25-22(28)18-8-3-2-4-9-18/h2-14H,15-16H2,1H3,(H,25,28)(H,26,29)(H,27,30). The molecular weight excluding hydrogens is 378 g/mol. The average molecular weight is 401 g/mol. The van der Waals surface area contributed by atoms with E-state index in [1.54, 1.807) is 54.6 Å². The van der Waals surface area contributed by atoms with Gasteiger partial charge >= 0.3 is 0 Å². The SMILES string of the molecule is Cc1ccccc1C(=O)Nc1ccc(C(=O)NCCNC(=O)c2ccccc2)cc1. The molecule has 0 saturated heterocycles. The summed E-state index contributed by atoms with van der Waals surface area (Å²) in [6, 6.07) is 22.9. The van der Waals surface area contributed by atoms with Crippen LogP contribution < -0.4 is 16.0 Å². The second-order valence-electron chi connectivity index (χ2n) is 6.72. The summed E-state index contributed by atoms with van der Waals surface area (Å²) >= 11 is 0. The lowest BCUT2D eigenvalue weighted by Crippen LogP contribution is -2.34. The predicted molar refractivity (Wildman–Crippen MR) is 117 cm³/mol. The Morgan fingerprint density at radius 3 is 1.77 bits per heavy atom. The Labute approximate surface area is 175 Å². The lowest BCUT2D eigenvalue weighted by Gasteiger charge is -2.09. The Morgan fingerprint density at radius 2 is 1.17 bits per heavy atom. The molecule has 152 valence electrons. The Hall–Kier alpha value is -3.93. The van der Waals surface area contributed by atoms with Crippen molar-refractivity contribution < 1.29 is 14.4 Å². The van der Waals surface area contributed by atoms with Crippen molar-refractivity contribution in [2.24, 2.45) is 0 Å². The van der Waals surface area contributed by atoms with E-state index in [9.17, 15) is 14.4 Å². The molecule has 0 atom stereocenters. The van der Waals surface area contributed by atoms with Crippen LogP contribution in [0.25, 0.3) is 0 Å². The fourth-order valence-corrected chi connectivity index (χ4v) is 2.88. The summed E-state index contributed by atoms with van der Waals surface area (Å²) in [5, 5.41) is 8.34. The van der Waals surface area contributed by atoms with Crippen LogP contribution in [0.15, 0.2) is 78.9 Å². The maximum atomic E-state index is 12.4.